The second-order valence-corrected chi connectivity index (χ2v) is 6.55. The van der Waals surface area contributed by atoms with E-state index in [1.807, 2.05) is 73.7 Å². The van der Waals surface area contributed by atoms with Gasteiger partial charge in [-0.05, 0) is 48.9 Å². The molecule has 5 nitrogen and oxygen atoms in total. The van der Waals surface area contributed by atoms with E-state index in [4.69, 9.17) is 18.9 Å². The lowest BCUT2D eigenvalue weighted by Gasteiger charge is -2.14. The summed E-state index contributed by atoms with van der Waals surface area (Å²) < 4.78 is 22.5. The third-order valence-electron chi connectivity index (χ3n) is 4.35. The fraction of sp³-hybridized carbons (Fsp3) is 0.280. The van der Waals surface area contributed by atoms with Gasteiger partial charge in [-0.2, -0.15) is 0 Å². The van der Waals surface area contributed by atoms with Crippen LogP contribution in [0.15, 0.2) is 78.9 Å². The van der Waals surface area contributed by atoms with Crippen molar-refractivity contribution in [2.24, 2.45) is 0 Å². The predicted molar refractivity (Wildman–Crippen MR) is 120 cm³/mol. The van der Waals surface area contributed by atoms with E-state index < -0.39 is 0 Å². The lowest BCUT2D eigenvalue weighted by atomic mass is 10.2. The Morgan fingerprint density at radius 2 is 1.27 bits per heavy atom. The smallest absolute Gasteiger partial charge is 0.142 e. The molecule has 3 aromatic rings. The summed E-state index contributed by atoms with van der Waals surface area (Å²) in [6, 6.07) is 25.7. The number of nitrogens with one attached hydrogen (secondary N) is 1. The number of ether oxygens (including phenoxy) is 4. The van der Waals surface area contributed by atoms with E-state index >= 15 is 0 Å². The number of hydrogen-bond acceptors (Lipinski definition) is 5. The van der Waals surface area contributed by atoms with Gasteiger partial charge in [0.05, 0.1) is 12.3 Å². The van der Waals surface area contributed by atoms with Gasteiger partial charge in [0.25, 0.3) is 0 Å². The van der Waals surface area contributed by atoms with Crippen LogP contribution in [-0.4, -0.2) is 33.0 Å². The Kier molecular flexibility index (Phi) is 8.90. The quantitative estimate of drug-likeness (QED) is 0.396. The van der Waals surface area contributed by atoms with Gasteiger partial charge in [0.1, 0.15) is 37.1 Å². The lowest BCUT2D eigenvalue weighted by Crippen LogP contribution is -2.10. The number of rotatable bonds is 13. The average Bonchev–Trinajstić information content (AvgIpc) is 2.80. The molecule has 0 atom stereocenters. The molecule has 0 amide bonds. The first-order valence-electron chi connectivity index (χ1n) is 10.3. The zero-order valence-corrected chi connectivity index (χ0v) is 17.4. The van der Waals surface area contributed by atoms with Gasteiger partial charge >= 0.3 is 0 Å². The minimum atomic E-state index is 0.474. The monoisotopic (exact) mass is 407 g/mol. The normalized spacial score (nSPS) is 10.4. The van der Waals surface area contributed by atoms with Crippen molar-refractivity contribution in [1.82, 2.24) is 0 Å². The Bertz CT molecular complexity index is 853. The van der Waals surface area contributed by atoms with Crippen LogP contribution in [0.3, 0.4) is 0 Å². The highest BCUT2D eigenvalue weighted by atomic mass is 16.5. The second kappa shape index (κ2) is 12.4. The summed E-state index contributed by atoms with van der Waals surface area (Å²) in [5.41, 5.74) is 2.11. The summed E-state index contributed by atoms with van der Waals surface area (Å²) in [6.45, 7) is 5.50. The molecule has 30 heavy (non-hydrogen) atoms. The van der Waals surface area contributed by atoms with Crippen LogP contribution in [0.2, 0.25) is 0 Å². The van der Waals surface area contributed by atoms with E-state index in [2.05, 4.69) is 17.4 Å². The zero-order valence-electron chi connectivity index (χ0n) is 17.4. The molecule has 0 aliphatic carbocycles. The molecule has 0 spiro atoms. The number of hydrogen-bond donors (Lipinski definition) is 1. The van der Waals surface area contributed by atoms with E-state index in [9.17, 15) is 0 Å². The molecule has 0 aromatic heterocycles. The van der Waals surface area contributed by atoms with Crippen LogP contribution < -0.4 is 19.5 Å². The summed E-state index contributed by atoms with van der Waals surface area (Å²) in [4.78, 5) is 0. The molecule has 0 saturated heterocycles. The second-order valence-electron chi connectivity index (χ2n) is 6.55. The predicted octanol–water partition coefficient (Wildman–Crippen LogP) is 5.17. The maximum atomic E-state index is 5.91. The fourth-order valence-electron chi connectivity index (χ4n) is 2.83. The average molecular weight is 408 g/mol. The SMILES string of the molecule is CCOCCOc1ccc(CNc2ccccc2OCCOc2ccccc2)cc1. The molecule has 0 fully saturated rings. The van der Waals surface area contributed by atoms with E-state index in [0.29, 0.717) is 39.6 Å². The van der Waals surface area contributed by atoms with Crippen molar-refractivity contribution >= 4 is 5.69 Å². The van der Waals surface area contributed by atoms with Gasteiger partial charge in [-0.25, -0.2) is 0 Å². The van der Waals surface area contributed by atoms with Crippen LogP contribution in [0, 0.1) is 0 Å². The molecule has 5 heteroatoms. The molecule has 0 saturated carbocycles. The van der Waals surface area contributed by atoms with Gasteiger partial charge in [0, 0.05) is 13.2 Å². The highest BCUT2D eigenvalue weighted by Gasteiger charge is 2.04. The first-order chi connectivity index (χ1) is 14.8. The highest BCUT2D eigenvalue weighted by Crippen LogP contribution is 2.24. The van der Waals surface area contributed by atoms with Crippen molar-refractivity contribution in [2.75, 3.05) is 38.4 Å². The van der Waals surface area contributed by atoms with Crippen molar-refractivity contribution < 1.29 is 18.9 Å². The molecule has 0 aliphatic heterocycles. The van der Waals surface area contributed by atoms with Gasteiger partial charge in [-0.3, -0.25) is 0 Å². The largest absolute Gasteiger partial charge is 0.491 e. The first kappa shape index (κ1) is 21.5. The Balaban J connectivity index is 1.44. The van der Waals surface area contributed by atoms with Gasteiger partial charge in [0.2, 0.25) is 0 Å². The third-order valence-corrected chi connectivity index (χ3v) is 4.35. The number of benzene rings is 3. The van der Waals surface area contributed by atoms with Crippen molar-refractivity contribution in [2.45, 2.75) is 13.5 Å². The maximum Gasteiger partial charge on any atom is 0.142 e. The summed E-state index contributed by atoms with van der Waals surface area (Å²) in [5.74, 6) is 2.50. The molecule has 158 valence electrons. The molecule has 0 heterocycles. The number of para-hydroxylation sites is 3. The van der Waals surface area contributed by atoms with Gasteiger partial charge in [0.15, 0.2) is 0 Å². The van der Waals surface area contributed by atoms with E-state index in [0.717, 1.165) is 28.5 Å². The summed E-state index contributed by atoms with van der Waals surface area (Å²) in [7, 11) is 0. The molecular formula is C25H29NO4. The van der Waals surface area contributed by atoms with Gasteiger partial charge in [-0.1, -0.05) is 42.5 Å². The van der Waals surface area contributed by atoms with Gasteiger partial charge < -0.3 is 24.3 Å². The van der Waals surface area contributed by atoms with Crippen molar-refractivity contribution in [1.29, 1.82) is 0 Å². The van der Waals surface area contributed by atoms with Crippen LogP contribution in [0.5, 0.6) is 17.2 Å². The Labute approximate surface area is 178 Å². The minimum absolute atomic E-state index is 0.474. The molecule has 1 N–H and O–H groups in total. The molecule has 0 bridgehead atoms. The van der Waals surface area contributed by atoms with Crippen molar-refractivity contribution in [3.8, 4) is 17.2 Å². The minimum Gasteiger partial charge on any atom is -0.491 e. The molecule has 0 radical (unpaired) electrons. The Hall–Kier alpha value is -3.18. The molecular weight excluding hydrogens is 378 g/mol. The lowest BCUT2D eigenvalue weighted by molar-refractivity contribution is 0.110. The third kappa shape index (κ3) is 7.33. The van der Waals surface area contributed by atoms with Crippen molar-refractivity contribution in [3.63, 3.8) is 0 Å². The zero-order chi connectivity index (χ0) is 20.9. The van der Waals surface area contributed by atoms with Crippen molar-refractivity contribution in [3.05, 3.63) is 84.4 Å². The molecule has 3 rings (SSSR count). The highest BCUT2D eigenvalue weighted by molar-refractivity contribution is 5.56. The summed E-state index contributed by atoms with van der Waals surface area (Å²) >= 11 is 0. The standard InChI is InChI=1S/C25H29NO4/c1-2-27-16-17-28-23-14-12-21(13-15-23)20-26-24-10-6-7-11-25(24)30-19-18-29-22-8-4-3-5-9-22/h3-15,26H,2,16-20H2,1H3. The first-order valence-corrected chi connectivity index (χ1v) is 10.3. The van der Waals surface area contributed by atoms with E-state index in [-0.39, 0.29) is 0 Å². The van der Waals surface area contributed by atoms with E-state index in [1.165, 1.54) is 0 Å². The Morgan fingerprint density at radius 3 is 2.03 bits per heavy atom. The summed E-state index contributed by atoms with van der Waals surface area (Å²) in [6.07, 6.45) is 0. The molecule has 3 aromatic carbocycles. The van der Waals surface area contributed by atoms with Crippen LogP contribution >= 0.6 is 0 Å². The van der Waals surface area contributed by atoms with Crippen LogP contribution in [-0.2, 0) is 11.3 Å². The van der Waals surface area contributed by atoms with Gasteiger partial charge in [-0.15, -0.1) is 0 Å². The molecule has 0 unspecified atom stereocenters. The molecule has 0 aliphatic rings. The maximum absolute atomic E-state index is 5.91. The number of anilines is 1. The van der Waals surface area contributed by atoms with Crippen LogP contribution in [0.25, 0.3) is 0 Å². The van der Waals surface area contributed by atoms with Crippen LogP contribution in [0.4, 0.5) is 5.69 Å². The Morgan fingerprint density at radius 1 is 0.633 bits per heavy atom. The van der Waals surface area contributed by atoms with Crippen LogP contribution in [0.1, 0.15) is 12.5 Å². The topological polar surface area (TPSA) is 49.0 Å². The van der Waals surface area contributed by atoms with E-state index in [1.54, 1.807) is 0 Å². The fourth-order valence-corrected chi connectivity index (χ4v) is 2.83. The summed E-state index contributed by atoms with van der Waals surface area (Å²) in [5, 5.41) is 3.44.